The van der Waals surface area contributed by atoms with Crippen molar-refractivity contribution in [2.75, 3.05) is 0 Å². The molecule has 0 saturated heterocycles. The van der Waals surface area contributed by atoms with Crippen molar-refractivity contribution in [3.05, 3.63) is 45.3 Å². The van der Waals surface area contributed by atoms with E-state index in [9.17, 15) is 5.11 Å². The van der Waals surface area contributed by atoms with Gasteiger partial charge in [0.1, 0.15) is 9.45 Å². The molecule has 2 nitrogen and oxygen atoms in total. The maximum absolute atomic E-state index is 9.53. The number of halogens is 2. The maximum Gasteiger partial charge on any atom is 0.148 e. The van der Waals surface area contributed by atoms with Crippen molar-refractivity contribution >= 4 is 34.2 Å². The van der Waals surface area contributed by atoms with Gasteiger partial charge in [-0.05, 0) is 46.4 Å². The zero-order valence-corrected chi connectivity index (χ0v) is 10.5. The van der Waals surface area contributed by atoms with Crippen LogP contribution in [0.2, 0.25) is 5.02 Å². The molecule has 2 aromatic rings. The molecule has 0 unspecified atom stereocenters. The summed E-state index contributed by atoms with van der Waals surface area (Å²) in [5, 5.41) is 10.2. The molecule has 0 spiro atoms. The van der Waals surface area contributed by atoms with Crippen molar-refractivity contribution in [2.24, 2.45) is 0 Å². The Morgan fingerprint density at radius 2 is 2.00 bits per heavy atom. The summed E-state index contributed by atoms with van der Waals surface area (Å²) in [4.78, 5) is 4.08. The van der Waals surface area contributed by atoms with Gasteiger partial charge in [0.2, 0.25) is 0 Å². The van der Waals surface area contributed by atoms with Crippen molar-refractivity contribution in [2.45, 2.75) is 0 Å². The summed E-state index contributed by atoms with van der Waals surface area (Å²) < 4.78 is 0.596. The van der Waals surface area contributed by atoms with Crippen LogP contribution in [0.15, 0.2) is 36.5 Å². The van der Waals surface area contributed by atoms with Crippen LogP contribution in [0.25, 0.3) is 11.1 Å². The van der Waals surface area contributed by atoms with Crippen LogP contribution in [0.5, 0.6) is 5.75 Å². The molecule has 0 aliphatic heterocycles. The molecule has 15 heavy (non-hydrogen) atoms. The van der Waals surface area contributed by atoms with Gasteiger partial charge in [0.25, 0.3) is 0 Å². The number of rotatable bonds is 1. The normalized spacial score (nSPS) is 10.3. The number of benzene rings is 1. The molecule has 76 valence electrons. The van der Waals surface area contributed by atoms with Crippen molar-refractivity contribution in [1.82, 2.24) is 4.98 Å². The van der Waals surface area contributed by atoms with Crippen LogP contribution in [-0.2, 0) is 0 Å². The van der Waals surface area contributed by atoms with Crippen LogP contribution in [0.3, 0.4) is 0 Å². The Morgan fingerprint density at radius 1 is 1.20 bits per heavy atom. The van der Waals surface area contributed by atoms with Crippen molar-refractivity contribution in [3.63, 3.8) is 0 Å². The fourth-order valence-electron chi connectivity index (χ4n) is 1.26. The lowest BCUT2D eigenvalue weighted by Gasteiger charge is -2.03. The molecule has 0 aliphatic rings. The highest BCUT2D eigenvalue weighted by Crippen LogP contribution is 2.26. The van der Waals surface area contributed by atoms with E-state index in [-0.39, 0.29) is 5.75 Å². The van der Waals surface area contributed by atoms with Crippen LogP contribution < -0.4 is 0 Å². The molecule has 1 aromatic carbocycles. The fraction of sp³-hybridized carbons (Fsp3) is 0. The van der Waals surface area contributed by atoms with Gasteiger partial charge in [0, 0.05) is 16.8 Å². The smallest absolute Gasteiger partial charge is 0.148 e. The summed E-state index contributed by atoms with van der Waals surface area (Å²) in [6, 6.07) is 9.12. The molecular formula is C11H7ClINO. The minimum Gasteiger partial charge on any atom is -0.505 e. The predicted octanol–water partition coefficient (Wildman–Crippen LogP) is 3.71. The van der Waals surface area contributed by atoms with Crippen LogP contribution in [0.4, 0.5) is 0 Å². The van der Waals surface area contributed by atoms with Gasteiger partial charge in [-0.15, -0.1) is 0 Å². The van der Waals surface area contributed by atoms with E-state index >= 15 is 0 Å². The Bertz CT molecular complexity index is 502. The number of aromatic hydroxyl groups is 1. The second kappa shape index (κ2) is 4.37. The Hall–Kier alpha value is -0.810. The van der Waals surface area contributed by atoms with E-state index < -0.39 is 0 Å². The summed E-state index contributed by atoms with van der Waals surface area (Å²) >= 11 is 7.86. The SMILES string of the molecule is Oc1cc(-c2cccc(Cl)c2)cnc1I. The molecule has 0 radical (unpaired) electrons. The van der Waals surface area contributed by atoms with E-state index in [1.807, 2.05) is 46.9 Å². The van der Waals surface area contributed by atoms with Crippen LogP contribution in [0.1, 0.15) is 0 Å². The van der Waals surface area contributed by atoms with Crippen molar-refractivity contribution in [1.29, 1.82) is 0 Å². The summed E-state index contributed by atoms with van der Waals surface area (Å²) in [5.41, 5.74) is 1.80. The second-order valence-electron chi connectivity index (χ2n) is 3.04. The average Bonchev–Trinajstić information content (AvgIpc) is 2.22. The fourth-order valence-corrected chi connectivity index (χ4v) is 1.75. The summed E-state index contributed by atoms with van der Waals surface area (Å²) in [6.07, 6.45) is 1.72. The highest BCUT2D eigenvalue weighted by atomic mass is 127. The lowest BCUT2D eigenvalue weighted by Crippen LogP contribution is -1.84. The Kier molecular flexibility index (Phi) is 3.11. The Morgan fingerprint density at radius 3 is 2.67 bits per heavy atom. The first-order chi connectivity index (χ1) is 7.16. The maximum atomic E-state index is 9.53. The van der Waals surface area contributed by atoms with Gasteiger partial charge in [0.15, 0.2) is 0 Å². The van der Waals surface area contributed by atoms with Crippen LogP contribution in [-0.4, -0.2) is 10.1 Å². The van der Waals surface area contributed by atoms with Gasteiger partial charge in [-0.25, -0.2) is 4.98 Å². The minimum absolute atomic E-state index is 0.188. The second-order valence-corrected chi connectivity index (χ2v) is 4.50. The number of aromatic nitrogens is 1. The van der Waals surface area contributed by atoms with Crippen LogP contribution in [0, 0.1) is 3.70 Å². The molecule has 1 aromatic heterocycles. The van der Waals surface area contributed by atoms with Crippen molar-refractivity contribution < 1.29 is 5.11 Å². The van der Waals surface area contributed by atoms with Gasteiger partial charge in [0.05, 0.1) is 0 Å². The predicted molar refractivity (Wildman–Crippen MR) is 69.1 cm³/mol. The van der Waals surface area contributed by atoms with Gasteiger partial charge < -0.3 is 5.11 Å². The molecule has 0 saturated carbocycles. The molecule has 0 atom stereocenters. The average molecular weight is 332 g/mol. The lowest BCUT2D eigenvalue weighted by molar-refractivity contribution is 0.468. The number of hydrogen-bond acceptors (Lipinski definition) is 2. The van der Waals surface area contributed by atoms with E-state index in [0.29, 0.717) is 8.72 Å². The molecule has 2 rings (SSSR count). The molecule has 1 heterocycles. The first-order valence-corrected chi connectivity index (χ1v) is 5.73. The highest BCUT2D eigenvalue weighted by Gasteiger charge is 2.03. The third kappa shape index (κ3) is 2.41. The molecule has 1 N–H and O–H groups in total. The Balaban J connectivity index is 2.50. The molecular weight excluding hydrogens is 324 g/mol. The summed E-state index contributed by atoms with van der Waals surface area (Å²) in [6.45, 7) is 0. The van der Waals surface area contributed by atoms with Gasteiger partial charge >= 0.3 is 0 Å². The van der Waals surface area contributed by atoms with E-state index in [4.69, 9.17) is 11.6 Å². The molecule has 0 aliphatic carbocycles. The summed E-state index contributed by atoms with van der Waals surface area (Å²) in [7, 11) is 0. The van der Waals surface area contributed by atoms with E-state index in [2.05, 4.69) is 4.98 Å². The molecule has 0 bridgehead atoms. The first kappa shape index (κ1) is 10.7. The first-order valence-electron chi connectivity index (χ1n) is 4.27. The third-order valence-corrected chi connectivity index (χ3v) is 3.04. The largest absolute Gasteiger partial charge is 0.505 e. The van der Waals surface area contributed by atoms with E-state index in [0.717, 1.165) is 11.1 Å². The quantitative estimate of drug-likeness (QED) is 0.638. The van der Waals surface area contributed by atoms with Gasteiger partial charge in [-0.3, -0.25) is 0 Å². The molecule has 0 amide bonds. The number of pyridine rings is 1. The van der Waals surface area contributed by atoms with E-state index in [1.165, 1.54) is 0 Å². The standard InChI is InChI=1S/C11H7ClINO/c12-9-3-1-2-7(4-9)8-5-10(15)11(13)14-6-8/h1-6,15H. The number of nitrogens with zero attached hydrogens (tertiary/aromatic N) is 1. The van der Waals surface area contributed by atoms with Crippen LogP contribution >= 0.6 is 34.2 Å². The van der Waals surface area contributed by atoms with Gasteiger partial charge in [-0.2, -0.15) is 0 Å². The zero-order chi connectivity index (χ0) is 10.8. The van der Waals surface area contributed by atoms with Crippen molar-refractivity contribution in [3.8, 4) is 16.9 Å². The lowest BCUT2D eigenvalue weighted by atomic mass is 10.1. The zero-order valence-electron chi connectivity index (χ0n) is 7.61. The Labute approximate surface area is 106 Å². The molecule has 0 fully saturated rings. The topological polar surface area (TPSA) is 33.1 Å². The number of hydrogen-bond donors (Lipinski definition) is 1. The van der Waals surface area contributed by atoms with E-state index in [1.54, 1.807) is 12.3 Å². The monoisotopic (exact) mass is 331 g/mol. The molecule has 4 heteroatoms. The summed E-state index contributed by atoms with van der Waals surface area (Å²) in [5.74, 6) is 0.188. The third-order valence-electron chi connectivity index (χ3n) is 1.98. The highest BCUT2D eigenvalue weighted by molar-refractivity contribution is 14.1. The minimum atomic E-state index is 0.188. The van der Waals surface area contributed by atoms with Gasteiger partial charge in [-0.1, -0.05) is 23.7 Å².